The van der Waals surface area contributed by atoms with E-state index < -0.39 is 65.2 Å². The Morgan fingerprint density at radius 3 is 2.52 bits per heavy atom. The van der Waals surface area contributed by atoms with Crippen molar-refractivity contribution < 1.29 is 41.1 Å². The van der Waals surface area contributed by atoms with Gasteiger partial charge in [0.2, 0.25) is 11.3 Å². The van der Waals surface area contributed by atoms with Gasteiger partial charge in [0.05, 0.1) is 24.2 Å². The van der Waals surface area contributed by atoms with Crippen LogP contribution >= 0.6 is 0 Å². The van der Waals surface area contributed by atoms with Gasteiger partial charge in [-0.05, 0) is 30.7 Å². The summed E-state index contributed by atoms with van der Waals surface area (Å²) in [5.41, 5.74) is -2.37. The van der Waals surface area contributed by atoms with E-state index in [2.05, 4.69) is 15.0 Å². The standard InChI is InChI=1S/C25H22F5N5O5/c1-3-18(25(28,29)30)32-23(38)15-11-34(17-6-4-12(26)8-16(17)27)22-14(21(15)37)5-7-19(33-22)35-10-13(9-20(35)36)31-24(39)40-2/h4-8,11,13,18H,3,9-10H2,1-2H3,(H,31,39)(H,32,38)/t13-,18+/m0/s1. The molecule has 1 saturated heterocycles. The molecule has 2 atom stereocenters. The van der Waals surface area contributed by atoms with Crippen LogP contribution in [0.5, 0.6) is 0 Å². The molecule has 212 valence electrons. The first kappa shape index (κ1) is 28.4. The predicted octanol–water partition coefficient (Wildman–Crippen LogP) is 3.20. The van der Waals surface area contributed by atoms with Crippen LogP contribution in [0.25, 0.3) is 16.7 Å². The van der Waals surface area contributed by atoms with Crippen molar-refractivity contribution in [3.8, 4) is 5.69 Å². The summed E-state index contributed by atoms with van der Waals surface area (Å²) in [5.74, 6) is -3.85. The Balaban J connectivity index is 1.85. The number of ether oxygens (including phenoxy) is 1. The average molecular weight is 567 g/mol. The number of hydrogen-bond donors (Lipinski definition) is 2. The highest BCUT2D eigenvalue weighted by atomic mass is 19.4. The Labute approximate surface area is 222 Å². The summed E-state index contributed by atoms with van der Waals surface area (Å²) in [6.45, 7) is 1.18. The van der Waals surface area contributed by atoms with Crippen LogP contribution in [0.1, 0.15) is 30.1 Å². The molecule has 3 aromatic rings. The number of nitrogens with zero attached hydrogens (tertiary/aromatic N) is 3. The number of alkyl halides is 3. The highest BCUT2D eigenvalue weighted by molar-refractivity contribution is 5.99. The van der Waals surface area contributed by atoms with Gasteiger partial charge in [0.25, 0.3) is 5.91 Å². The number of methoxy groups -OCH3 is 1. The molecule has 0 unspecified atom stereocenters. The minimum absolute atomic E-state index is 0.00246. The minimum atomic E-state index is -4.79. The van der Waals surface area contributed by atoms with Gasteiger partial charge < -0.3 is 15.4 Å². The molecule has 3 heterocycles. The SMILES string of the molecule is CC[C@@H](NC(=O)c1cn(-c2ccc(F)cc2F)c2nc(N3C[C@@H](NC(=O)OC)CC3=O)ccc2c1=O)C(F)(F)F. The molecule has 15 heteroatoms. The van der Waals surface area contributed by atoms with Crippen LogP contribution in [0.3, 0.4) is 0 Å². The summed E-state index contributed by atoms with van der Waals surface area (Å²) in [4.78, 5) is 55.7. The summed E-state index contributed by atoms with van der Waals surface area (Å²) in [7, 11) is 1.16. The van der Waals surface area contributed by atoms with Crippen molar-refractivity contribution in [3.05, 3.63) is 63.9 Å². The van der Waals surface area contributed by atoms with E-state index in [4.69, 9.17) is 0 Å². The second-order valence-electron chi connectivity index (χ2n) is 8.90. The van der Waals surface area contributed by atoms with Gasteiger partial charge in [0.15, 0.2) is 5.65 Å². The van der Waals surface area contributed by atoms with Crippen molar-refractivity contribution >= 4 is 34.8 Å². The minimum Gasteiger partial charge on any atom is -0.453 e. The van der Waals surface area contributed by atoms with E-state index in [0.717, 1.165) is 30.0 Å². The van der Waals surface area contributed by atoms with E-state index in [9.17, 15) is 41.1 Å². The molecule has 1 fully saturated rings. The van der Waals surface area contributed by atoms with Gasteiger partial charge >= 0.3 is 12.3 Å². The number of amides is 3. The molecule has 1 aromatic carbocycles. The second kappa shape index (κ2) is 10.9. The van der Waals surface area contributed by atoms with E-state index in [-0.39, 0.29) is 35.5 Å². The number of alkyl carbamates (subject to hydrolysis) is 1. The van der Waals surface area contributed by atoms with Gasteiger partial charge in [-0.1, -0.05) is 6.92 Å². The molecule has 0 radical (unpaired) electrons. The van der Waals surface area contributed by atoms with Crippen LogP contribution < -0.4 is 21.0 Å². The number of hydrogen-bond acceptors (Lipinski definition) is 6. The molecular formula is C25H22F5N5O5. The fraction of sp³-hybridized carbons (Fsp3) is 0.320. The van der Waals surface area contributed by atoms with Crippen LogP contribution in [0, 0.1) is 11.6 Å². The topological polar surface area (TPSA) is 123 Å². The molecule has 10 nitrogen and oxygen atoms in total. The van der Waals surface area contributed by atoms with E-state index in [1.54, 1.807) is 5.32 Å². The van der Waals surface area contributed by atoms with E-state index in [0.29, 0.717) is 6.07 Å². The lowest BCUT2D eigenvalue weighted by molar-refractivity contribution is -0.153. The Morgan fingerprint density at radius 1 is 1.18 bits per heavy atom. The highest BCUT2D eigenvalue weighted by Crippen LogP contribution is 2.26. The smallest absolute Gasteiger partial charge is 0.408 e. The molecule has 0 spiro atoms. The third kappa shape index (κ3) is 5.58. The normalized spacial score (nSPS) is 16.2. The number of anilines is 1. The predicted molar refractivity (Wildman–Crippen MR) is 131 cm³/mol. The number of rotatable bonds is 6. The first-order chi connectivity index (χ1) is 18.8. The fourth-order valence-electron chi connectivity index (χ4n) is 4.27. The molecule has 0 bridgehead atoms. The largest absolute Gasteiger partial charge is 0.453 e. The monoisotopic (exact) mass is 567 g/mol. The zero-order valence-corrected chi connectivity index (χ0v) is 21.0. The van der Waals surface area contributed by atoms with Crippen molar-refractivity contribution in [2.24, 2.45) is 0 Å². The summed E-state index contributed by atoms with van der Waals surface area (Å²) in [6, 6.07) is 2.00. The van der Waals surface area contributed by atoms with Crippen LogP contribution in [0.4, 0.5) is 32.6 Å². The molecule has 40 heavy (non-hydrogen) atoms. The molecule has 1 aliphatic heterocycles. The third-order valence-corrected chi connectivity index (χ3v) is 6.27. The van der Waals surface area contributed by atoms with Crippen LogP contribution in [-0.2, 0) is 9.53 Å². The summed E-state index contributed by atoms with van der Waals surface area (Å²) < 4.78 is 73.8. The van der Waals surface area contributed by atoms with Gasteiger partial charge in [-0.25, -0.2) is 18.6 Å². The zero-order chi connectivity index (χ0) is 29.4. The Morgan fingerprint density at radius 2 is 1.90 bits per heavy atom. The molecule has 0 saturated carbocycles. The Kier molecular flexibility index (Phi) is 7.75. The van der Waals surface area contributed by atoms with Crippen LogP contribution in [-0.4, -0.2) is 59.4 Å². The first-order valence-corrected chi connectivity index (χ1v) is 11.9. The van der Waals surface area contributed by atoms with Crippen LogP contribution in [0.15, 0.2) is 41.3 Å². The maximum absolute atomic E-state index is 14.9. The molecule has 0 aliphatic carbocycles. The van der Waals surface area contributed by atoms with Crippen molar-refractivity contribution in [1.82, 2.24) is 20.2 Å². The number of halogens is 5. The quantitative estimate of drug-likeness (QED) is 0.442. The fourth-order valence-corrected chi connectivity index (χ4v) is 4.27. The highest BCUT2D eigenvalue weighted by Gasteiger charge is 2.40. The molecule has 4 rings (SSSR count). The number of benzene rings is 1. The van der Waals surface area contributed by atoms with Crippen molar-refractivity contribution in [3.63, 3.8) is 0 Å². The van der Waals surface area contributed by atoms with Crippen LogP contribution in [0.2, 0.25) is 0 Å². The van der Waals surface area contributed by atoms with E-state index >= 15 is 0 Å². The molecule has 2 N–H and O–H groups in total. The van der Waals surface area contributed by atoms with Gasteiger partial charge in [-0.2, -0.15) is 13.2 Å². The van der Waals surface area contributed by atoms with Gasteiger partial charge in [-0.3, -0.25) is 23.9 Å². The number of pyridine rings is 2. The lowest BCUT2D eigenvalue weighted by Crippen LogP contribution is -2.46. The number of carbonyl (C=O) groups is 3. The van der Waals surface area contributed by atoms with Crippen molar-refractivity contribution in [2.45, 2.75) is 38.0 Å². The Bertz CT molecular complexity index is 1560. The lowest BCUT2D eigenvalue weighted by Gasteiger charge is -2.21. The van der Waals surface area contributed by atoms with Crippen molar-refractivity contribution in [1.29, 1.82) is 0 Å². The van der Waals surface area contributed by atoms with Gasteiger partial charge in [0.1, 0.15) is 29.1 Å². The summed E-state index contributed by atoms with van der Waals surface area (Å²) in [6.07, 6.45) is -5.34. The number of nitrogens with one attached hydrogen (secondary N) is 2. The molecule has 1 aliphatic rings. The number of aromatic nitrogens is 2. The molecule has 2 aromatic heterocycles. The van der Waals surface area contributed by atoms with E-state index in [1.165, 1.54) is 24.0 Å². The maximum atomic E-state index is 14.9. The number of carbonyl (C=O) groups excluding carboxylic acids is 3. The van der Waals surface area contributed by atoms with Gasteiger partial charge in [-0.15, -0.1) is 0 Å². The zero-order valence-electron chi connectivity index (χ0n) is 21.0. The first-order valence-electron chi connectivity index (χ1n) is 11.9. The average Bonchev–Trinajstić information content (AvgIpc) is 3.26. The van der Waals surface area contributed by atoms with Gasteiger partial charge in [0, 0.05) is 25.2 Å². The summed E-state index contributed by atoms with van der Waals surface area (Å²) >= 11 is 0. The molecule has 3 amide bonds. The van der Waals surface area contributed by atoms with Crippen molar-refractivity contribution in [2.75, 3.05) is 18.6 Å². The lowest BCUT2D eigenvalue weighted by atomic mass is 10.1. The van der Waals surface area contributed by atoms with E-state index in [1.807, 2.05) is 0 Å². The second-order valence-corrected chi connectivity index (χ2v) is 8.90. The molecular weight excluding hydrogens is 545 g/mol. The Hall–Kier alpha value is -4.56. The maximum Gasteiger partial charge on any atom is 0.408 e. The third-order valence-electron chi connectivity index (χ3n) is 6.27. The number of fused-ring (bicyclic) bond motifs is 1. The summed E-state index contributed by atoms with van der Waals surface area (Å²) in [5, 5.41) is 3.98.